The molecule has 0 radical (unpaired) electrons. The molecular formula is C25H44N6. The van der Waals surface area contributed by atoms with E-state index in [2.05, 4.69) is 84.2 Å². The van der Waals surface area contributed by atoms with Crippen LogP contribution >= 0.6 is 0 Å². The molecule has 2 aliphatic rings. The van der Waals surface area contributed by atoms with E-state index < -0.39 is 0 Å². The van der Waals surface area contributed by atoms with Crippen LogP contribution in [0.5, 0.6) is 0 Å². The van der Waals surface area contributed by atoms with Crippen LogP contribution in [0, 0.1) is 5.92 Å². The molecule has 1 aromatic rings. The molecule has 0 spiro atoms. The summed E-state index contributed by atoms with van der Waals surface area (Å²) in [6.45, 7) is 22.0. The Hall–Kier alpha value is -1.63. The third-order valence-electron chi connectivity index (χ3n) is 6.87. The van der Waals surface area contributed by atoms with Crippen molar-refractivity contribution in [3.63, 3.8) is 0 Å². The standard InChI is InChI=1S/C25H44N6/c1-6-26-25(28-24-19-31(20(3)4)17-21(24)5)27-16-22-10-8-9-11-23(22)18-30-14-12-29(7-2)13-15-30/h8-11,20-21,24H,6-7,12-19H2,1-5H3,(H2,26,27,28). The van der Waals surface area contributed by atoms with Crippen molar-refractivity contribution in [1.82, 2.24) is 25.3 Å². The third kappa shape index (κ3) is 6.93. The summed E-state index contributed by atoms with van der Waals surface area (Å²) in [6, 6.07) is 9.86. The molecule has 2 heterocycles. The number of guanidine groups is 1. The van der Waals surface area contributed by atoms with Gasteiger partial charge >= 0.3 is 0 Å². The highest BCUT2D eigenvalue weighted by molar-refractivity contribution is 5.80. The molecule has 0 saturated carbocycles. The SMILES string of the molecule is CCNC(=NCc1ccccc1CN1CCN(CC)CC1)NC1CN(C(C)C)CC1C. The first kappa shape index (κ1) is 24.0. The average molecular weight is 429 g/mol. The molecule has 2 fully saturated rings. The molecule has 2 aliphatic heterocycles. The van der Waals surface area contributed by atoms with E-state index >= 15 is 0 Å². The van der Waals surface area contributed by atoms with E-state index in [1.807, 2.05) is 0 Å². The predicted molar refractivity (Wildman–Crippen MR) is 131 cm³/mol. The minimum atomic E-state index is 0.449. The van der Waals surface area contributed by atoms with Crippen molar-refractivity contribution in [2.75, 3.05) is 52.4 Å². The Morgan fingerprint density at radius 2 is 1.71 bits per heavy atom. The lowest BCUT2D eigenvalue weighted by molar-refractivity contribution is 0.131. The van der Waals surface area contributed by atoms with E-state index in [-0.39, 0.29) is 0 Å². The molecule has 1 aromatic carbocycles. The smallest absolute Gasteiger partial charge is 0.191 e. The van der Waals surface area contributed by atoms with Crippen LogP contribution in [0.3, 0.4) is 0 Å². The van der Waals surface area contributed by atoms with Gasteiger partial charge in [0.15, 0.2) is 5.96 Å². The first-order valence-electron chi connectivity index (χ1n) is 12.3. The number of nitrogens with one attached hydrogen (secondary N) is 2. The topological polar surface area (TPSA) is 46.1 Å². The second kappa shape index (κ2) is 11.8. The Morgan fingerprint density at radius 3 is 2.32 bits per heavy atom. The maximum atomic E-state index is 4.98. The van der Waals surface area contributed by atoms with Gasteiger partial charge in [0.2, 0.25) is 0 Å². The molecule has 31 heavy (non-hydrogen) atoms. The first-order chi connectivity index (χ1) is 15.0. The molecule has 0 bridgehead atoms. The molecule has 2 unspecified atom stereocenters. The molecule has 0 aromatic heterocycles. The van der Waals surface area contributed by atoms with Gasteiger partial charge in [-0.1, -0.05) is 38.1 Å². The maximum Gasteiger partial charge on any atom is 0.191 e. The summed E-state index contributed by atoms with van der Waals surface area (Å²) in [6.07, 6.45) is 0. The summed E-state index contributed by atoms with van der Waals surface area (Å²) in [4.78, 5) is 12.7. The van der Waals surface area contributed by atoms with Crippen molar-refractivity contribution in [1.29, 1.82) is 0 Å². The molecule has 174 valence electrons. The Morgan fingerprint density at radius 1 is 1.03 bits per heavy atom. The van der Waals surface area contributed by atoms with Crippen molar-refractivity contribution >= 4 is 5.96 Å². The summed E-state index contributed by atoms with van der Waals surface area (Å²) < 4.78 is 0. The number of hydrogen-bond donors (Lipinski definition) is 2. The van der Waals surface area contributed by atoms with Crippen LogP contribution in [-0.4, -0.2) is 85.1 Å². The molecule has 0 aliphatic carbocycles. The van der Waals surface area contributed by atoms with Crippen LogP contribution in [0.1, 0.15) is 45.7 Å². The summed E-state index contributed by atoms with van der Waals surface area (Å²) >= 11 is 0. The zero-order chi connectivity index (χ0) is 22.2. The summed E-state index contributed by atoms with van der Waals surface area (Å²) in [7, 11) is 0. The average Bonchev–Trinajstić information content (AvgIpc) is 3.14. The summed E-state index contributed by atoms with van der Waals surface area (Å²) in [5.74, 6) is 1.57. The molecular weight excluding hydrogens is 384 g/mol. The van der Waals surface area contributed by atoms with Gasteiger partial charge in [-0.3, -0.25) is 9.80 Å². The lowest BCUT2D eigenvalue weighted by Crippen LogP contribution is -2.46. The van der Waals surface area contributed by atoms with Crippen molar-refractivity contribution in [2.45, 2.75) is 59.8 Å². The van der Waals surface area contributed by atoms with Crippen molar-refractivity contribution in [3.8, 4) is 0 Å². The van der Waals surface area contributed by atoms with Crippen molar-refractivity contribution < 1.29 is 0 Å². The van der Waals surface area contributed by atoms with Gasteiger partial charge in [-0.2, -0.15) is 0 Å². The highest BCUT2D eigenvalue weighted by atomic mass is 15.3. The fourth-order valence-corrected chi connectivity index (χ4v) is 4.64. The number of likely N-dealkylation sites (tertiary alicyclic amines) is 1. The molecule has 2 saturated heterocycles. The second-order valence-electron chi connectivity index (χ2n) is 9.45. The summed E-state index contributed by atoms with van der Waals surface area (Å²) in [5, 5.41) is 7.18. The zero-order valence-corrected chi connectivity index (χ0v) is 20.4. The highest BCUT2D eigenvalue weighted by Crippen LogP contribution is 2.19. The van der Waals surface area contributed by atoms with Crippen LogP contribution in [0.2, 0.25) is 0 Å². The molecule has 0 amide bonds. The summed E-state index contributed by atoms with van der Waals surface area (Å²) in [5.41, 5.74) is 2.74. The Balaban J connectivity index is 1.62. The van der Waals surface area contributed by atoms with Crippen molar-refractivity contribution in [2.24, 2.45) is 10.9 Å². The molecule has 2 N–H and O–H groups in total. The minimum Gasteiger partial charge on any atom is -0.357 e. The number of likely N-dealkylation sites (N-methyl/N-ethyl adjacent to an activating group) is 1. The van der Waals surface area contributed by atoms with Gasteiger partial charge in [0.1, 0.15) is 0 Å². The van der Waals surface area contributed by atoms with Crippen LogP contribution in [0.15, 0.2) is 29.3 Å². The van der Waals surface area contributed by atoms with E-state index in [0.29, 0.717) is 18.0 Å². The van der Waals surface area contributed by atoms with Gasteiger partial charge in [-0.15, -0.1) is 0 Å². The Kier molecular flexibility index (Phi) is 9.17. The van der Waals surface area contributed by atoms with E-state index in [1.165, 1.54) is 24.2 Å². The number of rotatable bonds is 8. The molecule has 6 nitrogen and oxygen atoms in total. The zero-order valence-electron chi connectivity index (χ0n) is 20.4. The lowest BCUT2D eigenvalue weighted by atomic mass is 10.1. The van der Waals surface area contributed by atoms with Gasteiger partial charge in [-0.25, -0.2) is 4.99 Å². The van der Waals surface area contributed by atoms with Gasteiger partial charge in [0.25, 0.3) is 0 Å². The Bertz CT molecular complexity index is 695. The predicted octanol–water partition coefficient (Wildman–Crippen LogP) is 2.61. The maximum absolute atomic E-state index is 4.98. The lowest BCUT2D eigenvalue weighted by Gasteiger charge is -2.34. The van der Waals surface area contributed by atoms with E-state index in [4.69, 9.17) is 4.99 Å². The molecule has 3 rings (SSSR count). The van der Waals surface area contributed by atoms with Crippen LogP contribution in [0.25, 0.3) is 0 Å². The van der Waals surface area contributed by atoms with E-state index in [9.17, 15) is 0 Å². The number of piperazine rings is 1. The fourth-order valence-electron chi connectivity index (χ4n) is 4.64. The number of hydrogen-bond acceptors (Lipinski definition) is 4. The molecule has 6 heteroatoms. The normalized spacial score (nSPS) is 24.1. The minimum absolute atomic E-state index is 0.449. The second-order valence-corrected chi connectivity index (χ2v) is 9.45. The van der Waals surface area contributed by atoms with Crippen molar-refractivity contribution in [3.05, 3.63) is 35.4 Å². The van der Waals surface area contributed by atoms with Gasteiger partial charge in [0.05, 0.1) is 6.54 Å². The number of benzene rings is 1. The molecule has 2 atom stereocenters. The quantitative estimate of drug-likeness (QED) is 0.492. The van der Waals surface area contributed by atoms with Crippen LogP contribution in [-0.2, 0) is 13.1 Å². The largest absolute Gasteiger partial charge is 0.357 e. The Labute approximate surface area is 190 Å². The van der Waals surface area contributed by atoms with Crippen LogP contribution < -0.4 is 10.6 Å². The van der Waals surface area contributed by atoms with Crippen LogP contribution in [0.4, 0.5) is 0 Å². The monoisotopic (exact) mass is 428 g/mol. The van der Waals surface area contributed by atoms with Gasteiger partial charge < -0.3 is 15.5 Å². The first-order valence-corrected chi connectivity index (χ1v) is 12.3. The van der Waals surface area contributed by atoms with Gasteiger partial charge in [0, 0.05) is 64.4 Å². The number of nitrogens with zero attached hydrogens (tertiary/aromatic N) is 4. The third-order valence-corrected chi connectivity index (χ3v) is 6.87. The van der Waals surface area contributed by atoms with E-state index in [0.717, 1.165) is 58.3 Å². The number of aliphatic imine (C=N–C) groups is 1. The highest BCUT2D eigenvalue weighted by Gasteiger charge is 2.31. The van der Waals surface area contributed by atoms with Gasteiger partial charge in [-0.05, 0) is 44.4 Å². The fraction of sp³-hybridized carbons (Fsp3) is 0.720. The van der Waals surface area contributed by atoms with E-state index in [1.54, 1.807) is 0 Å².